The number of anilines is 1. The maximum atomic E-state index is 13.0. The highest BCUT2D eigenvalue weighted by atomic mass is 35.5. The van der Waals surface area contributed by atoms with Crippen molar-refractivity contribution in [2.45, 2.75) is 37.2 Å². The molecule has 1 N–H and O–H groups in total. The SMILES string of the molecule is CCCOC(=O)C1=C(C)Nc2nc(SCc3ccccc3Cl)nn2C1c1cccc([N+](=O)[O-])c1. The molecule has 0 spiro atoms. The first-order valence-corrected chi connectivity index (χ1v) is 12.0. The van der Waals surface area contributed by atoms with Crippen LogP contribution in [0.15, 0.2) is 65.0 Å². The van der Waals surface area contributed by atoms with Crippen molar-refractivity contribution in [3.05, 3.63) is 86.1 Å². The molecule has 2 aromatic carbocycles. The van der Waals surface area contributed by atoms with Crippen LogP contribution in [0.5, 0.6) is 0 Å². The van der Waals surface area contributed by atoms with Crippen molar-refractivity contribution in [3.8, 4) is 0 Å². The molecule has 0 radical (unpaired) electrons. The van der Waals surface area contributed by atoms with Gasteiger partial charge in [-0.25, -0.2) is 9.48 Å². The first-order valence-electron chi connectivity index (χ1n) is 10.6. The number of fused-ring (bicyclic) bond motifs is 1. The van der Waals surface area contributed by atoms with Gasteiger partial charge in [-0.15, -0.1) is 5.10 Å². The van der Waals surface area contributed by atoms with Gasteiger partial charge in [0.1, 0.15) is 6.04 Å². The standard InChI is InChI=1S/C23H22ClN5O4S/c1-3-11-33-21(30)19-14(2)25-22-26-23(34-13-16-7-4-5-10-18(16)24)27-28(22)20(19)15-8-6-9-17(12-15)29(31)32/h4-10,12,20H,3,11,13H2,1-2H3,(H,25,26,27). The Morgan fingerprint density at radius 1 is 1.29 bits per heavy atom. The second kappa shape index (κ2) is 10.3. The van der Waals surface area contributed by atoms with E-state index < -0.39 is 16.9 Å². The first-order chi connectivity index (χ1) is 16.4. The van der Waals surface area contributed by atoms with E-state index in [1.54, 1.807) is 23.7 Å². The van der Waals surface area contributed by atoms with Gasteiger partial charge in [-0.05, 0) is 30.5 Å². The van der Waals surface area contributed by atoms with Crippen LogP contribution in [0.2, 0.25) is 5.02 Å². The number of thioether (sulfide) groups is 1. The van der Waals surface area contributed by atoms with Gasteiger partial charge in [0, 0.05) is 28.6 Å². The number of benzene rings is 2. The molecule has 1 aromatic heterocycles. The van der Waals surface area contributed by atoms with Crippen molar-refractivity contribution in [3.63, 3.8) is 0 Å². The van der Waals surface area contributed by atoms with Crippen LogP contribution < -0.4 is 5.32 Å². The van der Waals surface area contributed by atoms with Gasteiger partial charge in [0.15, 0.2) is 0 Å². The monoisotopic (exact) mass is 499 g/mol. The third kappa shape index (κ3) is 4.92. The lowest BCUT2D eigenvalue weighted by molar-refractivity contribution is -0.384. The summed E-state index contributed by atoms with van der Waals surface area (Å²) in [4.78, 5) is 28.5. The Morgan fingerprint density at radius 2 is 2.09 bits per heavy atom. The van der Waals surface area contributed by atoms with Crippen molar-refractivity contribution >= 4 is 41.0 Å². The Balaban J connectivity index is 1.72. The van der Waals surface area contributed by atoms with Crippen LogP contribution in [0.1, 0.15) is 37.4 Å². The lowest BCUT2D eigenvalue weighted by atomic mass is 9.95. The van der Waals surface area contributed by atoms with E-state index in [0.29, 0.717) is 45.1 Å². The molecule has 0 amide bonds. The summed E-state index contributed by atoms with van der Waals surface area (Å²) >= 11 is 7.67. The number of carbonyl (C=O) groups is 1. The molecule has 2 heterocycles. The molecule has 4 rings (SSSR count). The number of nitrogens with zero attached hydrogens (tertiary/aromatic N) is 4. The van der Waals surface area contributed by atoms with Gasteiger partial charge < -0.3 is 10.1 Å². The zero-order valence-corrected chi connectivity index (χ0v) is 20.1. The predicted octanol–water partition coefficient (Wildman–Crippen LogP) is 5.37. The van der Waals surface area contributed by atoms with Gasteiger partial charge in [-0.2, -0.15) is 4.98 Å². The van der Waals surface area contributed by atoms with Gasteiger partial charge in [0.2, 0.25) is 11.1 Å². The first kappa shape index (κ1) is 23.8. The van der Waals surface area contributed by atoms with E-state index in [1.165, 1.54) is 23.9 Å². The Kier molecular flexibility index (Phi) is 7.18. The molecular weight excluding hydrogens is 478 g/mol. The molecule has 34 heavy (non-hydrogen) atoms. The molecule has 1 unspecified atom stereocenters. The van der Waals surface area contributed by atoms with Crippen molar-refractivity contribution < 1.29 is 14.5 Å². The molecular formula is C23H22ClN5O4S. The highest BCUT2D eigenvalue weighted by Crippen LogP contribution is 2.38. The Bertz CT molecular complexity index is 1280. The minimum atomic E-state index is -0.734. The summed E-state index contributed by atoms with van der Waals surface area (Å²) in [6, 6.07) is 13.0. The number of halogens is 1. The third-order valence-electron chi connectivity index (χ3n) is 5.20. The topological polar surface area (TPSA) is 112 Å². The Morgan fingerprint density at radius 3 is 2.82 bits per heavy atom. The molecule has 1 atom stereocenters. The van der Waals surface area contributed by atoms with E-state index in [4.69, 9.17) is 16.3 Å². The van der Waals surface area contributed by atoms with E-state index in [1.807, 2.05) is 31.2 Å². The van der Waals surface area contributed by atoms with Crippen LogP contribution in [-0.2, 0) is 15.3 Å². The fourth-order valence-electron chi connectivity index (χ4n) is 3.60. The summed E-state index contributed by atoms with van der Waals surface area (Å²) < 4.78 is 6.99. The second-order valence-electron chi connectivity index (χ2n) is 7.60. The van der Waals surface area contributed by atoms with E-state index in [0.717, 1.165) is 5.56 Å². The van der Waals surface area contributed by atoms with E-state index >= 15 is 0 Å². The quantitative estimate of drug-likeness (QED) is 0.190. The number of non-ortho nitro benzene ring substituents is 1. The summed E-state index contributed by atoms with van der Waals surface area (Å²) in [5.41, 5.74) is 2.29. The molecule has 1 aliphatic heterocycles. The van der Waals surface area contributed by atoms with Crippen LogP contribution in [-0.4, -0.2) is 32.3 Å². The Hall–Kier alpha value is -3.37. The third-order valence-corrected chi connectivity index (χ3v) is 6.46. The van der Waals surface area contributed by atoms with Gasteiger partial charge in [0.25, 0.3) is 5.69 Å². The van der Waals surface area contributed by atoms with E-state index in [-0.39, 0.29) is 12.3 Å². The lowest BCUT2D eigenvalue weighted by Crippen LogP contribution is -2.29. The maximum Gasteiger partial charge on any atom is 0.338 e. The molecule has 0 saturated heterocycles. The molecule has 176 valence electrons. The molecule has 3 aromatic rings. The predicted molar refractivity (Wildman–Crippen MR) is 130 cm³/mol. The normalized spacial score (nSPS) is 15.0. The zero-order chi connectivity index (χ0) is 24.2. The van der Waals surface area contributed by atoms with Gasteiger partial charge in [0.05, 0.1) is 17.1 Å². The van der Waals surface area contributed by atoms with Gasteiger partial charge in [-0.3, -0.25) is 10.1 Å². The van der Waals surface area contributed by atoms with Crippen LogP contribution in [0.25, 0.3) is 0 Å². The second-order valence-corrected chi connectivity index (χ2v) is 8.95. The summed E-state index contributed by atoms with van der Waals surface area (Å²) in [7, 11) is 0. The summed E-state index contributed by atoms with van der Waals surface area (Å²) in [5.74, 6) is 0.486. The maximum absolute atomic E-state index is 13.0. The van der Waals surface area contributed by atoms with Crippen molar-refractivity contribution in [1.82, 2.24) is 14.8 Å². The fourth-order valence-corrected chi connectivity index (χ4v) is 4.72. The summed E-state index contributed by atoms with van der Waals surface area (Å²) in [6.45, 7) is 3.92. The van der Waals surface area contributed by atoms with Crippen molar-refractivity contribution in [2.75, 3.05) is 11.9 Å². The number of hydrogen-bond donors (Lipinski definition) is 1. The van der Waals surface area contributed by atoms with Crippen LogP contribution in [0, 0.1) is 10.1 Å². The molecule has 1 aliphatic rings. The minimum absolute atomic E-state index is 0.0788. The molecule has 0 saturated carbocycles. The molecule has 9 nitrogen and oxygen atoms in total. The van der Waals surface area contributed by atoms with Gasteiger partial charge >= 0.3 is 5.97 Å². The number of nitro benzene ring substituents is 1. The van der Waals surface area contributed by atoms with E-state index in [2.05, 4.69) is 15.4 Å². The number of allylic oxidation sites excluding steroid dienone is 1. The smallest absolute Gasteiger partial charge is 0.338 e. The molecule has 0 fully saturated rings. The highest BCUT2D eigenvalue weighted by molar-refractivity contribution is 7.98. The average molecular weight is 500 g/mol. The number of rotatable bonds is 8. The average Bonchev–Trinajstić information content (AvgIpc) is 3.23. The Labute approximate surface area is 205 Å². The molecule has 0 bridgehead atoms. The molecule has 0 aliphatic carbocycles. The minimum Gasteiger partial charge on any atom is -0.462 e. The number of hydrogen-bond acceptors (Lipinski definition) is 8. The number of aromatic nitrogens is 3. The van der Waals surface area contributed by atoms with Gasteiger partial charge in [-0.1, -0.05) is 60.6 Å². The number of esters is 1. The zero-order valence-electron chi connectivity index (χ0n) is 18.5. The van der Waals surface area contributed by atoms with Crippen molar-refractivity contribution in [1.29, 1.82) is 0 Å². The van der Waals surface area contributed by atoms with E-state index in [9.17, 15) is 14.9 Å². The lowest BCUT2D eigenvalue weighted by Gasteiger charge is -2.28. The highest BCUT2D eigenvalue weighted by Gasteiger charge is 2.35. The number of ether oxygens (including phenoxy) is 1. The van der Waals surface area contributed by atoms with Crippen molar-refractivity contribution in [2.24, 2.45) is 0 Å². The summed E-state index contributed by atoms with van der Waals surface area (Å²) in [6.07, 6.45) is 0.671. The number of nitro groups is 1. The molecule has 11 heteroatoms. The van der Waals surface area contributed by atoms with Crippen LogP contribution >= 0.6 is 23.4 Å². The number of nitrogens with one attached hydrogen (secondary N) is 1. The summed E-state index contributed by atoms with van der Waals surface area (Å²) in [5, 5.41) is 20.3. The fraction of sp³-hybridized carbons (Fsp3) is 0.261. The largest absolute Gasteiger partial charge is 0.462 e. The van der Waals surface area contributed by atoms with Crippen LogP contribution in [0.4, 0.5) is 11.6 Å². The van der Waals surface area contributed by atoms with Crippen LogP contribution in [0.3, 0.4) is 0 Å². The number of carbonyl (C=O) groups excluding carboxylic acids is 1.